The number of carbonyl (C=O) groups is 1. The lowest BCUT2D eigenvalue weighted by Crippen LogP contribution is -2.30. The Hall–Kier alpha value is -2.90. The van der Waals surface area contributed by atoms with Gasteiger partial charge in [-0.1, -0.05) is 23.5 Å². The zero-order chi connectivity index (χ0) is 22.5. The minimum absolute atomic E-state index is 0.0586. The number of fused-ring (bicyclic) bond motifs is 1. The van der Waals surface area contributed by atoms with Crippen LogP contribution >= 0.6 is 23.1 Å². The molecule has 2 aromatic heterocycles. The van der Waals surface area contributed by atoms with E-state index in [-0.39, 0.29) is 5.91 Å². The molecular formula is C25H25N3O2S2. The Bertz CT molecular complexity index is 1210. The number of rotatable bonds is 8. The van der Waals surface area contributed by atoms with Gasteiger partial charge in [-0.25, -0.2) is 4.98 Å². The van der Waals surface area contributed by atoms with E-state index in [1.54, 1.807) is 47.5 Å². The molecule has 4 rings (SSSR count). The van der Waals surface area contributed by atoms with Crippen LogP contribution in [0.5, 0.6) is 5.75 Å². The smallest absolute Gasteiger partial charge is 0.229 e. The van der Waals surface area contributed by atoms with Gasteiger partial charge in [0.2, 0.25) is 5.91 Å². The van der Waals surface area contributed by atoms with Gasteiger partial charge in [0, 0.05) is 29.5 Å². The van der Waals surface area contributed by atoms with Crippen molar-refractivity contribution in [1.29, 1.82) is 0 Å². The number of thiazole rings is 1. The minimum Gasteiger partial charge on any atom is -0.497 e. The molecule has 0 N–H and O–H groups in total. The summed E-state index contributed by atoms with van der Waals surface area (Å²) in [6.07, 6.45) is 3.96. The number of carbonyl (C=O) groups excluding carboxylic acids is 1. The SMILES string of the molecule is COc1ccc(SCCC(=O)N(Cc2cccnc2)c2nc3cc(C)cc(C)c3s2)cc1. The highest BCUT2D eigenvalue weighted by Gasteiger charge is 2.21. The predicted octanol–water partition coefficient (Wildman–Crippen LogP) is 6.03. The normalized spacial score (nSPS) is 11.0. The number of amides is 1. The first-order valence-corrected chi connectivity index (χ1v) is 12.2. The fourth-order valence-electron chi connectivity index (χ4n) is 3.48. The summed E-state index contributed by atoms with van der Waals surface area (Å²) in [6.45, 7) is 4.62. The highest BCUT2D eigenvalue weighted by Crippen LogP contribution is 2.33. The number of aryl methyl sites for hydroxylation is 2. The molecule has 0 radical (unpaired) electrons. The Morgan fingerprint density at radius 1 is 1.16 bits per heavy atom. The molecule has 2 heterocycles. The molecule has 0 fully saturated rings. The van der Waals surface area contributed by atoms with Crippen LogP contribution in [-0.2, 0) is 11.3 Å². The van der Waals surface area contributed by atoms with Crippen molar-refractivity contribution in [3.8, 4) is 5.75 Å². The number of hydrogen-bond acceptors (Lipinski definition) is 6. The van der Waals surface area contributed by atoms with Crippen molar-refractivity contribution in [3.05, 3.63) is 77.6 Å². The second-order valence-corrected chi connectivity index (χ2v) is 9.69. The summed E-state index contributed by atoms with van der Waals surface area (Å²) < 4.78 is 6.34. The Balaban J connectivity index is 1.53. The van der Waals surface area contributed by atoms with Gasteiger partial charge < -0.3 is 4.74 Å². The molecule has 0 atom stereocenters. The van der Waals surface area contributed by atoms with Crippen LogP contribution in [0.3, 0.4) is 0 Å². The number of benzene rings is 2. The number of aromatic nitrogens is 2. The average Bonchev–Trinajstić information content (AvgIpc) is 3.22. The van der Waals surface area contributed by atoms with Crippen molar-refractivity contribution in [2.45, 2.75) is 31.7 Å². The highest BCUT2D eigenvalue weighted by atomic mass is 32.2. The molecule has 0 saturated heterocycles. The van der Waals surface area contributed by atoms with Crippen LogP contribution in [0.1, 0.15) is 23.1 Å². The van der Waals surface area contributed by atoms with E-state index in [9.17, 15) is 4.79 Å². The van der Waals surface area contributed by atoms with Crippen molar-refractivity contribution in [3.63, 3.8) is 0 Å². The molecule has 0 aliphatic rings. The van der Waals surface area contributed by atoms with Gasteiger partial charge in [-0.05, 0) is 66.9 Å². The zero-order valence-electron chi connectivity index (χ0n) is 18.4. The van der Waals surface area contributed by atoms with Crippen molar-refractivity contribution in [2.75, 3.05) is 17.8 Å². The third-order valence-electron chi connectivity index (χ3n) is 5.05. The molecular weight excluding hydrogens is 438 g/mol. The standard InChI is InChI=1S/C25H25N3O2S2/c1-17-13-18(2)24-22(14-17)27-25(32-24)28(16-19-5-4-11-26-15-19)23(29)10-12-31-21-8-6-20(30-3)7-9-21/h4-9,11,13-15H,10,12,16H2,1-3H3. The van der Waals surface area contributed by atoms with Crippen LogP contribution in [0.25, 0.3) is 10.2 Å². The van der Waals surface area contributed by atoms with Gasteiger partial charge in [0.15, 0.2) is 5.13 Å². The van der Waals surface area contributed by atoms with Crippen molar-refractivity contribution in [2.24, 2.45) is 0 Å². The molecule has 2 aromatic carbocycles. The van der Waals surface area contributed by atoms with Crippen LogP contribution in [0.15, 0.2) is 65.8 Å². The summed E-state index contributed by atoms with van der Waals surface area (Å²) in [5.74, 6) is 1.58. The summed E-state index contributed by atoms with van der Waals surface area (Å²) >= 11 is 3.24. The first-order valence-electron chi connectivity index (χ1n) is 10.4. The van der Waals surface area contributed by atoms with E-state index in [1.807, 2.05) is 36.4 Å². The van der Waals surface area contributed by atoms with Gasteiger partial charge in [-0.3, -0.25) is 14.7 Å². The first-order chi connectivity index (χ1) is 15.5. The maximum atomic E-state index is 13.3. The number of methoxy groups -OCH3 is 1. The van der Waals surface area contributed by atoms with E-state index < -0.39 is 0 Å². The largest absolute Gasteiger partial charge is 0.497 e. The molecule has 4 aromatic rings. The minimum atomic E-state index is 0.0586. The first kappa shape index (κ1) is 22.3. The molecule has 32 heavy (non-hydrogen) atoms. The summed E-state index contributed by atoms with van der Waals surface area (Å²) in [5, 5.41) is 0.733. The number of hydrogen-bond donors (Lipinski definition) is 0. The van der Waals surface area contributed by atoms with Gasteiger partial charge in [0.25, 0.3) is 0 Å². The van der Waals surface area contributed by atoms with E-state index in [1.165, 1.54) is 11.1 Å². The van der Waals surface area contributed by atoms with E-state index in [4.69, 9.17) is 9.72 Å². The summed E-state index contributed by atoms with van der Waals surface area (Å²) in [5.41, 5.74) is 4.29. The monoisotopic (exact) mass is 463 g/mol. The highest BCUT2D eigenvalue weighted by molar-refractivity contribution is 7.99. The number of anilines is 1. The van der Waals surface area contributed by atoms with E-state index in [0.717, 1.165) is 31.6 Å². The van der Waals surface area contributed by atoms with Gasteiger partial charge in [0.1, 0.15) is 5.75 Å². The number of nitrogens with zero attached hydrogens (tertiary/aromatic N) is 3. The van der Waals surface area contributed by atoms with Gasteiger partial charge in [-0.15, -0.1) is 11.8 Å². The third-order valence-corrected chi connectivity index (χ3v) is 7.29. The van der Waals surface area contributed by atoms with Crippen LogP contribution in [0, 0.1) is 13.8 Å². The molecule has 1 amide bonds. The lowest BCUT2D eigenvalue weighted by Gasteiger charge is -2.20. The molecule has 0 aliphatic heterocycles. The summed E-state index contributed by atoms with van der Waals surface area (Å²) in [4.78, 5) is 25.2. The van der Waals surface area contributed by atoms with E-state index >= 15 is 0 Å². The zero-order valence-corrected chi connectivity index (χ0v) is 20.0. The molecule has 5 nitrogen and oxygen atoms in total. The lowest BCUT2D eigenvalue weighted by molar-refractivity contribution is -0.118. The van der Waals surface area contributed by atoms with Gasteiger partial charge >= 0.3 is 0 Å². The van der Waals surface area contributed by atoms with E-state index in [0.29, 0.717) is 18.7 Å². The van der Waals surface area contributed by atoms with Crippen LogP contribution in [0.4, 0.5) is 5.13 Å². The average molecular weight is 464 g/mol. The molecule has 0 unspecified atom stereocenters. The van der Waals surface area contributed by atoms with Crippen molar-refractivity contribution in [1.82, 2.24) is 9.97 Å². The summed E-state index contributed by atoms with van der Waals surface area (Å²) in [7, 11) is 1.66. The fraction of sp³-hybridized carbons (Fsp3) is 0.240. The molecule has 0 aliphatic carbocycles. The predicted molar refractivity (Wildman–Crippen MR) is 133 cm³/mol. The second kappa shape index (κ2) is 10.1. The topological polar surface area (TPSA) is 55.3 Å². The quantitative estimate of drug-likeness (QED) is 0.299. The lowest BCUT2D eigenvalue weighted by atomic mass is 10.1. The maximum Gasteiger partial charge on any atom is 0.229 e. The van der Waals surface area contributed by atoms with Crippen molar-refractivity contribution >= 4 is 44.4 Å². The third kappa shape index (κ3) is 5.29. The van der Waals surface area contributed by atoms with Crippen LogP contribution in [-0.4, -0.2) is 28.7 Å². The number of ether oxygens (including phenoxy) is 1. The Labute approximate surface area is 196 Å². The van der Waals surface area contributed by atoms with Gasteiger partial charge in [-0.2, -0.15) is 0 Å². The molecule has 0 saturated carbocycles. The second-order valence-electron chi connectivity index (χ2n) is 7.54. The number of thioether (sulfide) groups is 1. The Morgan fingerprint density at radius 3 is 2.69 bits per heavy atom. The molecule has 0 bridgehead atoms. The van der Waals surface area contributed by atoms with Crippen molar-refractivity contribution < 1.29 is 9.53 Å². The van der Waals surface area contributed by atoms with E-state index in [2.05, 4.69) is 31.0 Å². The summed E-state index contributed by atoms with van der Waals surface area (Å²) in [6, 6.07) is 16.0. The fourth-order valence-corrected chi connectivity index (χ4v) is 5.35. The van der Waals surface area contributed by atoms with Crippen LogP contribution < -0.4 is 9.64 Å². The Morgan fingerprint density at radius 2 is 1.97 bits per heavy atom. The Kier molecular flexibility index (Phi) is 7.07. The van der Waals surface area contributed by atoms with Gasteiger partial charge in [0.05, 0.1) is 23.9 Å². The number of pyridine rings is 1. The molecule has 164 valence electrons. The molecule has 7 heteroatoms. The van der Waals surface area contributed by atoms with Crippen LogP contribution in [0.2, 0.25) is 0 Å². The maximum absolute atomic E-state index is 13.3. The molecule has 0 spiro atoms.